The third-order valence-electron chi connectivity index (χ3n) is 1.29. The van der Waals surface area contributed by atoms with E-state index in [2.05, 4.69) is 14.9 Å². The van der Waals surface area contributed by atoms with Crippen molar-refractivity contribution in [1.82, 2.24) is 10.1 Å². The lowest BCUT2D eigenvalue weighted by molar-refractivity contribution is 0.0508. The highest BCUT2D eigenvalue weighted by Crippen LogP contribution is 2.06. The van der Waals surface area contributed by atoms with Crippen molar-refractivity contribution in [3.05, 3.63) is 11.7 Å². The van der Waals surface area contributed by atoms with Gasteiger partial charge in [0.15, 0.2) is 0 Å². The van der Waals surface area contributed by atoms with Crippen LogP contribution in [0.5, 0.6) is 0 Å². The molecule has 6 nitrogen and oxygen atoms in total. The molecule has 0 saturated carbocycles. The van der Waals surface area contributed by atoms with Gasteiger partial charge in [-0.1, -0.05) is 0 Å². The molecule has 0 saturated heterocycles. The van der Waals surface area contributed by atoms with E-state index in [-0.39, 0.29) is 49.2 Å². The van der Waals surface area contributed by atoms with E-state index in [1.54, 1.807) is 13.8 Å². The van der Waals surface area contributed by atoms with Gasteiger partial charge in [0.25, 0.3) is 5.82 Å². The molecule has 15 heavy (non-hydrogen) atoms. The number of hydrogen-bond acceptors (Lipinski definition) is 6. The minimum Gasteiger partial charge on any atom is -0.460 e. The van der Waals surface area contributed by atoms with Crippen molar-refractivity contribution >= 4 is 30.8 Å². The second-order valence-electron chi connectivity index (χ2n) is 2.47. The van der Waals surface area contributed by atoms with Crippen LogP contribution >= 0.6 is 24.8 Å². The number of nitrogens with two attached hydrogens (primary N) is 1. The first kappa shape index (κ1) is 16.6. The van der Waals surface area contributed by atoms with Crippen molar-refractivity contribution in [3.8, 4) is 0 Å². The lowest BCUT2D eigenvalue weighted by Gasteiger charge is -1.94. The molecule has 1 atom stereocenters. The maximum atomic E-state index is 11.0. The average Bonchev–Trinajstić information content (AvgIpc) is 2.52. The number of aromatic nitrogens is 2. The smallest absolute Gasteiger partial charge is 0.379 e. The predicted molar refractivity (Wildman–Crippen MR) is 57.4 cm³/mol. The van der Waals surface area contributed by atoms with Gasteiger partial charge in [-0.15, -0.1) is 24.8 Å². The Labute approximate surface area is 99.4 Å². The third-order valence-corrected chi connectivity index (χ3v) is 1.29. The maximum Gasteiger partial charge on any atom is 0.379 e. The Hall–Kier alpha value is -0.850. The zero-order valence-electron chi connectivity index (χ0n) is 8.30. The van der Waals surface area contributed by atoms with E-state index in [0.717, 1.165) is 0 Å². The number of hydrogen-bond donors (Lipinski definition) is 1. The highest BCUT2D eigenvalue weighted by Gasteiger charge is 2.16. The van der Waals surface area contributed by atoms with Crippen molar-refractivity contribution in [2.24, 2.45) is 5.73 Å². The first-order chi connectivity index (χ1) is 6.15. The first-order valence-electron chi connectivity index (χ1n) is 3.91. The van der Waals surface area contributed by atoms with Crippen LogP contribution in [0.3, 0.4) is 0 Å². The van der Waals surface area contributed by atoms with Crippen molar-refractivity contribution < 1.29 is 14.1 Å². The van der Waals surface area contributed by atoms with Crippen LogP contribution in [0.1, 0.15) is 36.4 Å². The normalized spacial score (nSPS) is 10.9. The van der Waals surface area contributed by atoms with Crippen LogP contribution in [0, 0.1) is 0 Å². The summed E-state index contributed by atoms with van der Waals surface area (Å²) in [5.74, 6) is -0.463. The molecule has 88 valence electrons. The molecule has 0 aromatic carbocycles. The minimum atomic E-state index is -0.599. The lowest BCUT2D eigenvalue weighted by atomic mass is 10.4. The van der Waals surface area contributed by atoms with E-state index in [4.69, 9.17) is 10.3 Å². The molecule has 8 heteroatoms. The Bertz CT molecular complexity index is 303. The summed E-state index contributed by atoms with van der Waals surface area (Å²) >= 11 is 0. The number of carbonyl (C=O) groups excluding carboxylic acids is 1. The summed E-state index contributed by atoms with van der Waals surface area (Å²) in [5.41, 5.74) is 5.45. The van der Waals surface area contributed by atoms with E-state index < -0.39 is 5.97 Å². The zero-order chi connectivity index (χ0) is 9.84. The summed E-state index contributed by atoms with van der Waals surface area (Å²) in [6.45, 7) is 3.66. The summed E-state index contributed by atoms with van der Waals surface area (Å²) < 4.78 is 9.36. The van der Waals surface area contributed by atoms with Crippen molar-refractivity contribution in [2.45, 2.75) is 19.9 Å². The maximum absolute atomic E-state index is 11.0. The highest BCUT2D eigenvalue weighted by molar-refractivity contribution is 5.85. The number of esters is 1. The standard InChI is InChI=1S/C7H11N3O3.2ClH/c1-3-12-7(11)5-9-6(4(2)8)13-10-5;;/h4H,3,8H2,1-2H3;2*1H. The zero-order valence-corrected chi connectivity index (χ0v) is 9.93. The molecule has 2 N–H and O–H groups in total. The minimum absolute atomic E-state index is 0. The fourth-order valence-electron chi connectivity index (χ4n) is 0.699. The van der Waals surface area contributed by atoms with Crippen LogP contribution in [0.4, 0.5) is 0 Å². The van der Waals surface area contributed by atoms with E-state index in [0.29, 0.717) is 0 Å². The second-order valence-corrected chi connectivity index (χ2v) is 2.47. The van der Waals surface area contributed by atoms with Gasteiger partial charge in [-0.25, -0.2) is 4.79 Å². The van der Waals surface area contributed by atoms with Crippen molar-refractivity contribution in [2.75, 3.05) is 6.61 Å². The van der Waals surface area contributed by atoms with Gasteiger partial charge in [0, 0.05) is 0 Å². The molecule has 0 aliphatic rings. The molecule has 1 rings (SSSR count). The Balaban J connectivity index is 0. The molecule has 0 aliphatic heterocycles. The van der Waals surface area contributed by atoms with E-state index >= 15 is 0 Å². The fraction of sp³-hybridized carbons (Fsp3) is 0.571. The first-order valence-corrected chi connectivity index (χ1v) is 3.91. The van der Waals surface area contributed by atoms with Crippen LogP contribution in [0.25, 0.3) is 0 Å². The predicted octanol–water partition coefficient (Wildman–Crippen LogP) is 1.11. The summed E-state index contributed by atoms with van der Waals surface area (Å²) in [6, 6.07) is -0.379. The van der Waals surface area contributed by atoms with Gasteiger partial charge in [-0.2, -0.15) is 4.98 Å². The van der Waals surface area contributed by atoms with Crippen LogP contribution in [-0.4, -0.2) is 22.7 Å². The van der Waals surface area contributed by atoms with Crippen molar-refractivity contribution in [3.63, 3.8) is 0 Å². The van der Waals surface area contributed by atoms with Crippen molar-refractivity contribution in [1.29, 1.82) is 0 Å². The number of rotatable bonds is 3. The molecule has 0 radical (unpaired) electrons. The monoisotopic (exact) mass is 257 g/mol. The summed E-state index contributed by atoms with van der Waals surface area (Å²) in [7, 11) is 0. The highest BCUT2D eigenvalue weighted by atomic mass is 35.5. The Morgan fingerprint density at radius 1 is 1.60 bits per heavy atom. The van der Waals surface area contributed by atoms with Crippen LogP contribution in [0.15, 0.2) is 4.52 Å². The van der Waals surface area contributed by atoms with Gasteiger partial charge < -0.3 is 15.0 Å². The van der Waals surface area contributed by atoms with Crippen LogP contribution in [-0.2, 0) is 4.74 Å². The summed E-state index contributed by atoms with van der Waals surface area (Å²) in [6.07, 6.45) is 0. The molecular formula is C7H13Cl2N3O3. The van der Waals surface area contributed by atoms with Crippen LogP contribution in [0.2, 0.25) is 0 Å². The quantitative estimate of drug-likeness (QED) is 0.816. The summed E-state index contributed by atoms with van der Waals surface area (Å²) in [5, 5.41) is 3.42. The topological polar surface area (TPSA) is 91.2 Å². The average molecular weight is 258 g/mol. The molecule has 0 bridgehead atoms. The van der Waals surface area contributed by atoms with E-state index in [1.165, 1.54) is 0 Å². The van der Waals surface area contributed by atoms with Gasteiger partial charge in [0.05, 0.1) is 12.6 Å². The molecular weight excluding hydrogens is 245 g/mol. The molecule has 0 amide bonds. The number of halogens is 2. The fourth-order valence-corrected chi connectivity index (χ4v) is 0.699. The van der Waals surface area contributed by atoms with Gasteiger partial charge in [0.1, 0.15) is 0 Å². The molecule has 0 fully saturated rings. The summed E-state index contributed by atoms with van der Waals surface area (Å²) in [4.78, 5) is 14.8. The van der Waals surface area contributed by atoms with E-state index in [1.807, 2.05) is 0 Å². The van der Waals surface area contributed by atoms with Gasteiger partial charge in [-0.05, 0) is 19.0 Å². The second kappa shape index (κ2) is 7.44. The molecule has 1 aromatic rings. The number of carbonyl (C=O) groups is 1. The van der Waals surface area contributed by atoms with Gasteiger partial charge >= 0.3 is 5.97 Å². The van der Waals surface area contributed by atoms with Crippen LogP contribution < -0.4 is 5.73 Å². The third kappa shape index (κ3) is 4.46. The molecule has 1 heterocycles. The Morgan fingerprint density at radius 2 is 2.20 bits per heavy atom. The molecule has 0 spiro atoms. The molecule has 1 unspecified atom stereocenters. The Kier molecular flexibility index (Phi) is 8.22. The Morgan fingerprint density at radius 3 is 2.60 bits per heavy atom. The molecule has 1 aromatic heterocycles. The van der Waals surface area contributed by atoms with E-state index in [9.17, 15) is 4.79 Å². The number of ether oxygens (including phenoxy) is 1. The van der Waals surface area contributed by atoms with Gasteiger partial charge in [0.2, 0.25) is 5.89 Å². The SMILES string of the molecule is CCOC(=O)c1noc(C(C)N)n1.Cl.Cl. The largest absolute Gasteiger partial charge is 0.460 e. The van der Waals surface area contributed by atoms with Gasteiger partial charge in [-0.3, -0.25) is 0 Å². The lowest BCUT2D eigenvalue weighted by Crippen LogP contribution is -2.08. The number of nitrogens with zero attached hydrogens (tertiary/aromatic N) is 2. The molecule has 0 aliphatic carbocycles.